The van der Waals surface area contributed by atoms with E-state index in [-0.39, 0.29) is 29.4 Å². The van der Waals surface area contributed by atoms with Gasteiger partial charge in [-0.05, 0) is 72.6 Å². The molecule has 1 aliphatic rings. The Morgan fingerprint density at radius 1 is 1.07 bits per heavy atom. The number of hydrogen-bond acceptors (Lipinski definition) is 10. The third kappa shape index (κ3) is 8.25. The summed E-state index contributed by atoms with van der Waals surface area (Å²) in [6.07, 6.45) is 5.03. The summed E-state index contributed by atoms with van der Waals surface area (Å²) < 4.78 is 16.8. The first kappa shape index (κ1) is 34.5. The number of alkyl carbamates (subject to hydrolysis) is 1. The van der Waals surface area contributed by atoms with Crippen molar-refractivity contribution in [3.8, 4) is 0 Å². The molecule has 3 aromatic heterocycles. The van der Waals surface area contributed by atoms with Crippen LogP contribution in [0.3, 0.4) is 0 Å². The highest BCUT2D eigenvalue weighted by molar-refractivity contribution is 6.16. The maximum atomic E-state index is 14.0. The molecule has 1 unspecified atom stereocenters. The number of aliphatic hydroxyl groups is 1. The van der Waals surface area contributed by atoms with Crippen LogP contribution in [0.15, 0.2) is 35.1 Å². The lowest BCUT2D eigenvalue weighted by atomic mass is 9.79. The van der Waals surface area contributed by atoms with Crippen LogP contribution in [0.25, 0.3) is 11.1 Å². The first-order valence-electron chi connectivity index (χ1n) is 15.5. The second-order valence-corrected chi connectivity index (χ2v) is 14.0. The van der Waals surface area contributed by atoms with Crippen molar-refractivity contribution >= 4 is 46.5 Å². The van der Waals surface area contributed by atoms with E-state index in [1.807, 2.05) is 18.7 Å². The number of aromatic nitrogens is 2. The van der Waals surface area contributed by atoms with Gasteiger partial charge in [-0.3, -0.25) is 20.1 Å². The fraction of sp³-hybridized carbons (Fsp3) is 0.545. The summed E-state index contributed by atoms with van der Waals surface area (Å²) in [5.41, 5.74) is -0.149. The van der Waals surface area contributed by atoms with E-state index >= 15 is 0 Å². The Balaban J connectivity index is 1.65. The molecule has 0 aliphatic carbocycles. The number of nitrogens with zero attached hydrogens (tertiary/aromatic N) is 3. The highest BCUT2D eigenvalue weighted by Gasteiger charge is 2.45. The van der Waals surface area contributed by atoms with Gasteiger partial charge in [-0.2, -0.15) is 0 Å². The summed E-state index contributed by atoms with van der Waals surface area (Å²) in [5, 5.41) is 19.7. The monoisotopic (exact) mass is 638 g/mol. The van der Waals surface area contributed by atoms with Gasteiger partial charge in [0.25, 0.3) is 5.91 Å². The zero-order chi connectivity index (χ0) is 34.0. The summed E-state index contributed by atoms with van der Waals surface area (Å²) in [4.78, 5) is 50.1. The van der Waals surface area contributed by atoms with E-state index in [0.29, 0.717) is 23.5 Å². The molecule has 0 radical (unpaired) electrons. The van der Waals surface area contributed by atoms with E-state index in [9.17, 15) is 19.5 Å². The minimum atomic E-state index is -1.23. The number of rotatable bonds is 7. The number of carbonyl (C=O) groups excluding carboxylic acids is 3. The van der Waals surface area contributed by atoms with Crippen LogP contribution in [0.1, 0.15) is 84.7 Å². The highest BCUT2D eigenvalue weighted by Crippen LogP contribution is 2.36. The maximum Gasteiger partial charge on any atom is 0.414 e. The molecule has 13 heteroatoms. The molecular weight excluding hydrogens is 592 g/mol. The number of pyridine rings is 2. The van der Waals surface area contributed by atoms with Gasteiger partial charge in [0.15, 0.2) is 5.58 Å². The number of amides is 3. The maximum absolute atomic E-state index is 14.0. The largest absolute Gasteiger partial charge is 0.444 e. The quantitative estimate of drug-likeness (QED) is 0.245. The molecule has 3 amide bonds. The smallest absolute Gasteiger partial charge is 0.414 e. The van der Waals surface area contributed by atoms with Crippen LogP contribution in [-0.4, -0.2) is 69.1 Å². The lowest BCUT2D eigenvalue weighted by molar-refractivity contribution is -0.0405. The standard InChI is InChI=1S/C33H46N6O7/c1-10-11-20-14-23-26(35-15-20)25(28(44-23)38-30(42)46-32(6,7)8)27(40)36-21-16-34-13-12-22(21)39-17-19(2)33(9,43)24(18-39)37-29(41)45-31(3,4)5/h12-16,19,24,43H,10-11,17-18H2,1-9H3,(H,36,40)(H,37,41)(H,38,42)/t19-,24+,33?/m0/s1. The van der Waals surface area contributed by atoms with Crippen molar-refractivity contribution in [1.29, 1.82) is 0 Å². The topological polar surface area (TPSA) is 168 Å². The molecule has 250 valence electrons. The molecule has 3 aromatic rings. The fourth-order valence-electron chi connectivity index (χ4n) is 5.26. The molecule has 1 fully saturated rings. The van der Waals surface area contributed by atoms with Crippen LogP contribution in [0.5, 0.6) is 0 Å². The average Bonchev–Trinajstić information content (AvgIpc) is 3.26. The molecular formula is C33H46N6O7. The Labute approximate surface area is 269 Å². The van der Waals surface area contributed by atoms with Crippen LogP contribution in [0.4, 0.5) is 26.8 Å². The van der Waals surface area contributed by atoms with Crippen molar-refractivity contribution in [2.45, 2.75) is 98.0 Å². The Morgan fingerprint density at radius 2 is 1.74 bits per heavy atom. The molecule has 4 N–H and O–H groups in total. The number of nitrogens with one attached hydrogen (secondary N) is 3. The molecule has 0 bridgehead atoms. The molecule has 1 aliphatic heterocycles. The van der Waals surface area contributed by atoms with Crippen LogP contribution in [0.2, 0.25) is 0 Å². The molecule has 0 saturated carbocycles. The Hall–Kier alpha value is -4.39. The SMILES string of the molecule is CCCc1cnc2c(C(=O)Nc3cnccc3N3C[C@H](C)C(C)(O)[C@H](NC(=O)OC(C)(C)C)C3)c(NC(=O)OC(C)(C)C)oc2c1. The van der Waals surface area contributed by atoms with Crippen LogP contribution < -0.4 is 20.9 Å². The van der Waals surface area contributed by atoms with E-state index in [2.05, 4.69) is 25.9 Å². The fourth-order valence-corrected chi connectivity index (χ4v) is 5.26. The van der Waals surface area contributed by atoms with E-state index in [1.165, 1.54) is 6.20 Å². The molecule has 4 rings (SSSR count). The molecule has 46 heavy (non-hydrogen) atoms. The second-order valence-electron chi connectivity index (χ2n) is 14.0. The second kappa shape index (κ2) is 13.1. The Kier molecular flexibility index (Phi) is 9.86. The van der Waals surface area contributed by atoms with Crippen molar-refractivity contribution in [3.05, 3.63) is 41.9 Å². The lowest BCUT2D eigenvalue weighted by Crippen LogP contribution is -2.65. The molecule has 0 spiro atoms. The average molecular weight is 639 g/mol. The zero-order valence-corrected chi connectivity index (χ0v) is 28.1. The molecule has 13 nitrogen and oxygen atoms in total. The Morgan fingerprint density at radius 3 is 2.39 bits per heavy atom. The number of aryl methyl sites for hydroxylation is 1. The third-order valence-electron chi connectivity index (χ3n) is 7.64. The molecule has 1 saturated heterocycles. The van der Waals surface area contributed by atoms with Gasteiger partial charge in [-0.15, -0.1) is 0 Å². The van der Waals surface area contributed by atoms with Crippen LogP contribution >= 0.6 is 0 Å². The van der Waals surface area contributed by atoms with Gasteiger partial charge in [0, 0.05) is 31.4 Å². The van der Waals surface area contributed by atoms with Crippen molar-refractivity contribution < 1.29 is 33.4 Å². The number of hydrogen-bond donors (Lipinski definition) is 4. The number of furan rings is 1. The molecule has 4 heterocycles. The predicted molar refractivity (Wildman–Crippen MR) is 175 cm³/mol. The van der Waals surface area contributed by atoms with Crippen LogP contribution in [-0.2, 0) is 15.9 Å². The normalized spacial score (nSPS) is 20.3. The summed E-state index contributed by atoms with van der Waals surface area (Å²) in [6.45, 7) is 16.8. The summed E-state index contributed by atoms with van der Waals surface area (Å²) in [5.74, 6) is -0.963. The van der Waals surface area contributed by atoms with E-state index in [0.717, 1.165) is 18.4 Å². The minimum Gasteiger partial charge on any atom is -0.444 e. The Bertz CT molecular complexity index is 1590. The van der Waals surface area contributed by atoms with Gasteiger partial charge >= 0.3 is 12.2 Å². The molecule has 0 aromatic carbocycles. The minimum absolute atomic E-state index is 0.0260. The number of anilines is 3. The number of ether oxygens (including phenoxy) is 2. The summed E-state index contributed by atoms with van der Waals surface area (Å²) in [6, 6.07) is 2.86. The van der Waals surface area contributed by atoms with E-state index in [4.69, 9.17) is 13.9 Å². The summed E-state index contributed by atoms with van der Waals surface area (Å²) in [7, 11) is 0. The first-order chi connectivity index (χ1) is 21.4. The van der Waals surface area contributed by atoms with Gasteiger partial charge in [-0.25, -0.2) is 9.59 Å². The lowest BCUT2D eigenvalue weighted by Gasteiger charge is -2.48. The predicted octanol–water partition coefficient (Wildman–Crippen LogP) is 5.88. The van der Waals surface area contributed by atoms with Gasteiger partial charge in [-0.1, -0.05) is 20.3 Å². The van der Waals surface area contributed by atoms with Crippen molar-refractivity contribution in [2.75, 3.05) is 28.6 Å². The summed E-state index contributed by atoms with van der Waals surface area (Å²) >= 11 is 0. The van der Waals surface area contributed by atoms with Gasteiger partial charge in [0.1, 0.15) is 22.3 Å². The van der Waals surface area contributed by atoms with Gasteiger partial charge in [0.2, 0.25) is 5.88 Å². The van der Waals surface area contributed by atoms with E-state index in [1.54, 1.807) is 73.0 Å². The van der Waals surface area contributed by atoms with Crippen molar-refractivity contribution in [2.24, 2.45) is 5.92 Å². The highest BCUT2D eigenvalue weighted by atomic mass is 16.6. The third-order valence-corrected chi connectivity index (χ3v) is 7.64. The number of fused-ring (bicyclic) bond motifs is 1. The zero-order valence-electron chi connectivity index (χ0n) is 28.1. The van der Waals surface area contributed by atoms with E-state index < -0.39 is 40.9 Å². The van der Waals surface area contributed by atoms with Crippen molar-refractivity contribution in [3.63, 3.8) is 0 Å². The number of carbonyl (C=O) groups is 3. The van der Waals surface area contributed by atoms with Gasteiger partial charge < -0.3 is 34.5 Å². The van der Waals surface area contributed by atoms with Gasteiger partial charge in [0.05, 0.1) is 29.2 Å². The van der Waals surface area contributed by atoms with Crippen LogP contribution in [0, 0.1) is 5.92 Å². The first-order valence-corrected chi connectivity index (χ1v) is 15.5. The number of piperidine rings is 1. The van der Waals surface area contributed by atoms with Crippen molar-refractivity contribution in [1.82, 2.24) is 15.3 Å². The molecule has 3 atom stereocenters.